The zero-order valence-corrected chi connectivity index (χ0v) is 15.6. The van der Waals surface area contributed by atoms with Crippen LogP contribution in [0.1, 0.15) is 11.1 Å². The van der Waals surface area contributed by atoms with Crippen molar-refractivity contribution in [2.45, 2.75) is 13.8 Å². The number of benzene rings is 2. The molecule has 2 nitrogen and oxygen atoms in total. The number of aryl methyl sites for hydroxylation is 1. The standard InChI is InChI=1S/C23H19NOS/c1-16-13-14-26-23(16)20-15-21(25)17(2)22(18-9-5-3-6-10-18)24(20)19-11-7-4-8-12-19/h3-15H,1-2H3. The number of hydrogen-bond donors (Lipinski definition) is 0. The molecule has 2 heterocycles. The van der Waals surface area contributed by atoms with Crippen molar-refractivity contribution in [3.05, 3.63) is 99.5 Å². The molecule has 0 atom stereocenters. The van der Waals surface area contributed by atoms with Gasteiger partial charge < -0.3 is 4.57 Å². The van der Waals surface area contributed by atoms with E-state index < -0.39 is 0 Å². The molecule has 0 saturated carbocycles. The average molecular weight is 357 g/mol. The average Bonchev–Trinajstić information content (AvgIpc) is 3.10. The molecular weight excluding hydrogens is 338 g/mol. The summed E-state index contributed by atoms with van der Waals surface area (Å²) in [5.41, 5.74) is 6.00. The predicted octanol–water partition coefficient (Wildman–Crippen LogP) is 5.85. The van der Waals surface area contributed by atoms with Crippen molar-refractivity contribution >= 4 is 11.3 Å². The summed E-state index contributed by atoms with van der Waals surface area (Å²) in [5, 5.41) is 2.08. The quantitative estimate of drug-likeness (QED) is 0.451. The van der Waals surface area contributed by atoms with Gasteiger partial charge in [0, 0.05) is 17.3 Å². The zero-order valence-electron chi connectivity index (χ0n) is 14.8. The van der Waals surface area contributed by atoms with Crippen molar-refractivity contribution in [2.24, 2.45) is 0 Å². The highest BCUT2D eigenvalue weighted by atomic mass is 32.1. The van der Waals surface area contributed by atoms with Crippen LogP contribution >= 0.6 is 11.3 Å². The lowest BCUT2D eigenvalue weighted by atomic mass is 10.0. The first-order valence-corrected chi connectivity index (χ1v) is 9.47. The molecule has 2 aromatic carbocycles. The molecule has 3 heteroatoms. The molecule has 4 aromatic rings. The summed E-state index contributed by atoms with van der Waals surface area (Å²) in [7, 11) is 0. The number of thiophene rings is 1. The Balaban J connectivity index is 2.16. The van der Waals surface area contributed by atoms with Gasteiger partial charge in [0.2, 0.25) is 0 Å². The molecule has 0 bridgehead atoms. The summed E-state index contributed by atoms with van der Waals surface area (Å²) in [6, 6.07) is 24.3. The molecule has 4 rings (SSSR count). The van der Waals surface area contributed by atoms with Crippen molar-refractivity contribution in [3.63, 3.8) is 0 Å². The van der Waals surface area contributed by atoms with E-state index >= 15 is 0 Å². The van der Waals surface area contributed by atoms with Gasteiger partial charge in [-0.25, -0.2) is 0 Å². The molecule has 0 aliphatic heterocycles. The fourth-order valence-electron chi connectivity index (χ4n) is 3.29. The van der Waals surface area contributed by atoms with E-state index in [4.69, 9.17) is 0 Å². The number of hydrogen-bond acceptors (Lipinski definition) is 2. The Hall–Kier alpha value is -2.91. The van der Waals surface area contributed by atoms with Gasteiger partial charge in [-0.15, -0.1) is 11.3 Å². The fourth-order valence-corrected chi connectivity index (χ4v) is 4.22. The number of rotatable bonds is 3. The minimum absolute atomic E-state index is 0.0684. The van der Waals surface area contributed by atoms with Gasteiger partial charge in [0.15, 0.2) is 5.43 Å². The molecule has 0 amide bonds. The zero-order chi connectivity index (χ0) is 18.1. The Morgan fingerprint density at radius 1 is 0.846 bits per heavy atom. The second-order valence-corrected chi connectivity index (χ2v) is 7.25. The summed E-state index contributed by atoms with van der Waals surface area (Å²) >= 11 is 1.67. The number of aromatic nitrogens is 1. The maximum absolute atomic E-state index is 12.8. The number of nitrogens with zero attached hydrogens (tertiary/aromatic N) is 1. The third-order valence-electron chi connectivity index (χ3n) is 4.61. The molecule has 0 radical (unpaired) electrons. The maximum Gasteiger partial charge on any atom is 0.185 e. The lowest BCUT2D eigenvalue weighted by Crippen LogP contribution is -2.15. The molecule has 0 fully saturated rings. The minimum atomic E-state index is 0.0684. The molecule has 0 aliphatic rings. The van der Waals surface area contributed by atoms with Gasteiger partial charge in [-0.1, -0.05) is 48.5 Å². The second kappa shape index (κ2) is 6.77. The molecule has 0 aliphatic carbocycles. The molecule has 2 aromatic heterocycles. The van der Waals surface area contributed by atoms with Gasteiger partial charge in [-0.05, 0) is 48.6 Å². The fraction of sp³-hybridized carbons (Fsp3) is 0.0870. The van der Waals surface area contributed by atoms with E-state index in [1.807, 2.05) is 43.3 Å². The van der Waals surface area contributed by atoms with E-state index in [1.54, 1.807) is 17.4 Å². The highest BCUT2D eigenvalue weighted by molar-refractivity contribution is 7.13. The molecule has 26 heavy (non-hydrogen) atoms. The lowest BCUT2D eigenvalue weighted by molar-refractivity contribution is 1.04. The lowest BCUT2D eigenvalue weighted by Gasteiger charge is -2.21. The first-order chi connectivity index (χ1) is 12.7. The van der Waals surface area contributed by atoms with Gasteiger partial charge in [0.1, 0.15) is 0 Å². The molecule has 0 N–H and O–H groups in total. The normalized spacial score (nSPS) is 10.8. The van der Waals surface area contributed by atoms with Crippen LogP contribution in [-0.4, -0.2) is 4.57 Å². The van der Waals surface area contributed by atoms with Gasteiger partial charge in [0.05, 0.1) is 16.3 Å². The number of para-hydroxylation sites is 1. The Bertz CT molecular complexity index is 1110. The molecular formula is C23H19NOS. The summed E-state index contributed by atoms with van der Waals surface area (Å²) in [6.45, 7) is 4.00. The smallest absolute Gasteiger partial charge is 0.185 e. The minimum Gasteiger partial charge on any atom is -0.308 e. The second-order valence-electron chi connectivity index (χ2n) is 6.34. The van der Waals surface area contributed by atoms with Crippen LogP contribution in [0.5, 0.6) is 0 Å². The van der Waals surface area contributed by atoms with E-state index in [-0.39, 0.29) is 5.43 Å². The van der Waals surface area contributed by atoms with Crippen LogP contribution in [0.3, 0.4) is 0 Å². The first kappa shape index (κ1) is 16.6. The van der Waals surface area contributed by atoms with E-state index in [0.29, 0.717) is 0 Å². The third kappa shape index (κ3) is 2.80. The largest absolute Gasteiger partial charge is 0.308 e. The Morgan fingerprint density at radius 3 is 2.12 bits per heavy atom. The van der Waals surface area contributed by atoms with Crippen LogP contribution in [0.4, 0.5) is 0 Å². The van der Waals surface area contributed by atoms with Crippen LogP contribution in [0.25, 0.3) is 27.5 Å². The van der Waals surface area contributed by atoms with Gasteiger partial charge in [-0.3, -0.25) is 4.79 Å². The van der Waals surface area contributed by atoms with E-state index in [0.717, 1.165) is 33.1 Å². The van der Waals surface area contributed by atoms with E-state index in [1.165, 1.54) is 5.56 Å². The number of pyridine rings is 1. The van der Waals surface area contributed by atoms with Crippen LogP contribution in [-0.2, 0) is 0 Å². The Kier molecular flexibility index (Phi) is 4.31. The van der Waals surface area contributed by atoms with Gasteiger partial charge in [-0.2, -0.15) is 0 Å². The predicted molar refractivity (Wildman–Crippen MR) is 110 cm³/mol. The van der Waals surface area contributed by atoms with Crippen molar-refractivity contribution in [3.8, 4) is 27.5 Å². The van der Waals surface area contributed by atoms with Crippen LogP contribution in [0, 0.1) is 13.8 Å². The molecule has 0 unspecified atom stereocenters. The Labute approximate surface area is 157 Å². The van der Waals surface area contributed by atoms with Crippen LogP contribution in [0.15, 0.2) is 83.0 Å². The van der Waals surface area contributed by atoms with Crippen molar-refractivity contribution < 1.29 is 0 Å². The van der Waals surface area contributed by atoms with E-state index in [9.17, 15) is 4.79 Å². The topological polar surface area (TPSA) is 22.0 Å². The van der Waals surface area contributed by atoms with Crippen LogP contribution in [0.2, 0.25) is 0 Å². The molecule has 128 valence electrons. The summed E-state index contributed by atoms with van der Waals surface area (Å²) < 4.78 is 2.21. The summed E-state index contributed by atoms with van der Waals surface area (Å²) in [6.07, 6.45) is 0. The maximum atomic E-state index is 12.8. The first-order valence-electron chi connectivity index (χ1n) is 8.59. The molecule has 0 saturated heterocycles. The Morgan fingerprint density at radius 2 is 1.50 bits per heavy atom. The summed E-state index contributed by atoms with van der Waals surface area (Å²) in [5.74, 6) is 0. The highest BCUT2D eigenvalue weighted by Crippen LogP contribution is 2.35. The van der Waals surface area contributed by atoms with Crippen molar-refractivity contribution in [1.82, 2.24) is 4.57 Å². The summed E-state index contributed by atoms with van der Waals surface area (Å²) in [4.78, 5) is 13.9. The van der Waals surface area contributed by atoms with Gasteiger partial charge in [0.25, 0.3) is 0 Å². The van der Waals surface area contributed by atoms with Crippen LogP contribution < -0.4 is 5.43 Å². The van der Waals surface area contributed by atoms with Crippen molar-refractivity contribution in [2.75, 3.05) is 0 Å². The van der Waals surface area contributed by atoms with Gasteiger partial charge >= 0.3 is 0 Å². The molecule has 0 spiro atoms. The van der Waals surface area contributed by atoms with Crippen molar-refractivity contribution in [1.29, 1.82) is 0 Å². The third-order valence-corrected chi connectivity index (χ3v) is 5.65. The SMILES string of the molecule is Cc1ccsc1-c1cc(=O)c(C)c(-c2ccccc2)n1-c1ccccc1. The monoisotopic (exact) mass is 357 g/mol. The van der Waals surface area contributed by atoms with E-state index in [2.05, 4.69) is 47.2 Å². The highest BCUT2D eigenvalue weighted by Gasteiger charge is 2.18.